The van der Waals surface area contributed by atoms with Crippen LogP contribution in [0, 0.1) is 0 Å². The minimum absolute atomic E-state index is 0.0403. The molecule has 0 aliphatic heterocycles. The molecule has 0 aromatic heterocycles. The highest BCUT2D eigenvalue weighted by molar-refractivity contribution is 9.10. The molecule has 0 bridgehead atoms. The van der Waals surface area contributed by atoms with Crippen molar-refractivity contribution in [3.8, 4) is 0 Å². The molecule has 4 heteroatoms. The third-order valence-electron chi connectivity index (χ3n) is 2.97. The third-order valence-corrected chi connectivity index (χ3v) is 3.46. The monoisotopic (exact) mass is 332 g/mol. The molecule has 3 nitrogen and oxygen atoms in total. The summed E-state index contributed by atoms with van der Waals surface area (Å²) in [4.78, 5) is 11.8. The van der Waals surface area contributed by atoms with E-state index < -0.39 is 0 Å². The molecule has 0 aliphatic carbocycles. The molecule has 0 spiro atoms. The van der Waals surface area contributed by atoms with E-state index in [1.807, 2.05) is 48.5 Å². The van der Waals surface area contributed by atoms with Crippen LogP contribution in [0.1, 0.15) is 11.1 Å². The van der Waals surface area contributed by atoms with E-state index in [1.165, 1.54) is 5.56 Å². The van der Waals surface area contributed by atoms with Crippen molar-refractivity contribution in [1.82, 2.24) is 5.32 Å². The van der Waals surface area contributed by atoms with E-state index in [1.54, 1.807) is 0 Å². The molecule has 2 rings (SSSR count). The molecule has 0 radical (unpaired) electrons. The molecule has 3 N–H and O–H groups in total. The fraction of sp³-hybridized carbons (Fsp3) is 0.188. The van der Waals surface area contributed by atoms with Gasteiger partial charge < -0.3 is 11.1 Å². The van der Waals surface area contributed by atoms with Crippen molar-refractivity contribution in [3.05, 3.63) is 64.1 Å². The molecule has 0 atom stereocenters. The maximum atomic E-state index is 11.8. The number of nitrogens with two attached hydrogens (primary N) is 1. The summed E-state index contributed by atoms with van der Waals surface area (Å²) < 4.78 is 0.990. The largest absolute Gasteiger partial charge is 0.399 e. The smallest absolute Gasteiger partial charge is 0.224 e. The predicted molar refractivity (Wildman–Crippen MR) is 85.4 cm³/mol. The molecule has 2 aromatic carbocycles. The number of anilines is 1. The molecule has 0 saturated carbocycles. The van der Waals surface area contributed by atoms with Gasteiger partial charge in [-0.25, -0.2) is 0 Å². The van der Waals surface area contributed by atoms with Gasteiger partial charge in [0, 0.05) is 16.7 Å². The Labute approximate surface area is 127 Å². The number of carbonyl (C=O) groups excluding carboxylic acids is 1. The van der Waals surface area contributed by atoms with E-state index in [9.17, 15) is 4.79 Å². The molecule has 0 heterocycles. The normalized spacial score (nSPS) is 10.2. The maximum absolute atomic E-state index is 11.8. The first-order valence-electron chi connectivity index (χ1n) is 6.49. The van der Waals surface area contributed by atoms with Gasteiger partial charge in [0.05, 0.1) is 6.42 Å². The Morgan fingerprint density at radius 1 is 1.10 bits per heavy atom. The first kappa shape index (κ1) is 14.6. The summed E-state index contributed by atoms with van der Waals surface area (Å²) in [5.74, 6) is 0.0403. The van der Waals surface area contributed by atoms with Gasteiger partial charge in [-0.05, 0) is 41.8 Å². The second kappa shape index (κ2) is 7.10. The van der Waals surface area contributed by atoms with Crippen LogP contribution in [-0.2, 0) is 17.6 Å². The van der Waals surface area contributed by atoms with Crippen molar-refractivity contribution in [3.63, 3.8) is 0 Å². The fourth-order valence-electron chi connectivity index (χ4n) is 1.93. The molecule has 0 unspecified atom stereocenters. The predicted octanol–water partition coefficient (Wildman–Crippen LogP) is 2.93. The molecule has 104 valence electrons. The lowest BCUT2D eigenvalue weighted by molar-refractivity contribution is -0.120. The van der Waals surface area contributed by atoms with Gasteiger partial charge >= 0.3 is 0 Å². The Hall–Kier alpha value is -1.81. The average Bonchev–Trinajstić information content (AvgIpc) is 2.41. The van der Waals surface area contributed by atoms with Crippen LogP contribution in [0.3, 0.4) is 0 Å². The Morgan fingerprint density at radius 2 is 1.85 bits per heavy atom. The molecule has 20 heavy (non-hydrogen) atoms. The van der Waals surface area contributed by atoms with Gasteiger partial charge in [0.15, 0.2) is 0 Å². The quantitative estimate of drug-likeness (QED) is 0.827. The number of nitrogen functional groups attached to an aromatic ring is 1. The Balaban J connectivity index is 1.76. The number of halogens is 1. The maximum Gasteiger partial charge on any atom is 0.224 e. The van der Waals surface area contributed by atoms with Crippen LogP contribution in [0.2, 0.25) is 0 Å². The zero-order chi connectivity index (χ0) is 14.4. The average molecular weight is 333 g/mol. The first-order valence-corrected chi connectivity index (χ1v) is 7.28. The van der Waals surface area contributed by atoms with Gasteiger partial charge in [0.2, 0.25) is 5.91 Å². The second-order valence-electron chi connectivity index (χ2n) is 4.65. The van der Waals surface area contributed by atoms with Gasteiger partial charge in [0.25, 0.3) is 0 Å². The minimum atomic E-state index is 0.0403. The highest BCUT2D eigenvalue weighted by atomic mass is 79.9. The van der Waals surface area contributed by atoms with Crippen molar-refractivity contribution < 1.29 is 4.79 Å². The van der Waals surface area contributed by atoms with Gasteiger partial charge in [0.1, 0.15) is 0 Å². The van der Waals surface area contributed by atoms with Crippen LogP contribution in [0.5, 0.6) is 0 Å². The van der Waals surface area contributed by atoms with E-state index in [0.29, 0.717) is 13.0 Å². The van der Waals surface area contributed by atoms with E-state index in [4.69, 9.17) is 5.73 Å². The lowest BCUT2D eigenvalue weighted by atomic mass is 10.1. The molecule has 0 saturated heterocycles. The zero-order valence-electron chi connectivity index (χ0n) is 11.1. The lowest BCUT2D eigenvalue weighted by Gasteiger charge is -2.06. The van der Waals surface area contributed by atoms with Crippen LogP contribution in [0.25, 0.3) is 0 Å². The van der Waals surface area contributed by atoms with Gasteiger partial charge in [-0.2, -0.15) is 0 Å². The van der Waals surface area contributed by atoms with Crippen LogP contribution in [-0.4, -0.2) is 12.5 Å². The SMILES string of the molecule is Nc1ccc(CCNC(=O)Cc2cccc(Br)c2)cc1. The summed E-state index contributed by atoms with van der Waals surface area (Å²) in [5, 5.41) is 2.93. The second-order valence-corrected chi connectivity index (χ2v) is 5.56. The highest BCUT2D eigenvalue weighted by Crippen LogP contribution is 2.12. The topological polar surface area (TPSA) is 55.1 Å². The third kappa shape index (κ3) is 4.70. The van der Waals surface area contributed by atoms with E-state index >= 15 is 0 Å². The zero-order valence-corrected chi connectivity index (χ0v) is 12.7. The van der Waals surface area contributed by atoms with Crippen LogP contribution in [0.4, 0.5) is 5.69 Å². The fourth-order valence-corrected chi connectivity index (χ4v) is 2.37. The molecule has 1 amide bonds. The first-order chi connectivity index (χ1) is 9.63. The number of carbonyl (C=O) groups is 1. The number of hydrogen-bond donors (Lipinski definition) is 2. The van der Waals surface area contributed by atoms with E-state index in [2.05, 4.69) is 21.2 Å². The Kier molecular flexibility index (Phi) is 5.18. The molecular weight excluding hydrogens is 316 g/mol. The highest BCUT2D eigenvalue weighted by Gasteiger charge is 2.03. The van der Waals surface area contributed by atoms with Gasteiger partial charge in [-0.3, -0.25) is 4.79 Å². The minimum Gasteiger partial charge on any atom is -0.399 e. The van der Waals surface area contributed by atoms with Crippen LogP contribution < -0.4 is 11.1 Å². The Morgan fingerprint density at radius 3 is 2.55 bits per heavy atom. The summed E-state index contributed by atoms with van der Waals surface area (Å²) in [6.45, 7) is 0.636. The molecular formula is C16H17BrN2O. The van der Waals surface area contributed by atoms with Crippen molar-refractivity contribution in [2.24, 2.45) is 0 Å². The standard InChI is InChI=1S/C16H17BrN2O/c17-14-3-1-2-13(10-14)11-16(20)19-9-8-12-4-6-15(18)7-5-12/h1-7,10H,8-9,11,18H2,(H,19,20). The van der Waals surface area contributed by atoms with Crippen LogP contribution in [0.15, 0.2) is 53.0 Å². The summed E-state index contributed by atoms with van der Waals surface area (Å²) >= 11 is 3.40. The van der Waals surface area contributed by atoms with E-state index in [-0.39, 0.29) is 5.91 Å². The summed E-state index contributed by atoms with van der Waals surface area (Å²) in [6, 6.07) is 15.5. The van der Waals surface area contributed by atoms with Crippen molar-refractivity contribution >= 4 is 27.5 Å². The number of benzene rings is 2. The number of nitrogens with one attached hydrogen (secondary N) is 1. The number of amides is 1. The van der Waals surface area contributed by atoms with Crippen molar-refractivity contribution in [2.75, 3.05) is 12.3 Å². The summed E-state index contributed by atoms with van der Waals surface area (Å²) in [6.07, 6.45) is 1.21. The van der Waals surface area contributed by atoms with E-state index in [0.717, 1.165) is 22.1 Å². The molecule has 2 aromatic rings. The lowest BCUT2D eigenvalue weighted by Crippen LogP contribution is -2.27. The Bertz CT molecular complexity index is 581. The van der Waals surface area contributed by atoms with Gasteiger partial charge in [-0.1, -0.05) is 40.2 Å². The number of rotatable bonds is 5. The summed E-state index contributed by atoms with van der Waals surface area (Å²) in [5.41, 5.74) is 8.56. The van der Waals surface area contributed by atoms with Gasteiger partial charge in [-0.15, -0.1) is 0 Å². The van der Waals surface area contributed by atoms with Crippen molar-refractivity contribution in [2.45, 2.75) is 12.8 Å². The van der Waals surface area contributed by atoms with Crippen molar-refractivity contribution in [1.29, 1.82) is 0 Å². The summed E-state index contributed by atoms with van der Waals surface area (Å²) in [7, 11) is 0. The molecule has 0 fully saturated rings. The number of hydrogen-bond acceptors (Lipinski definition) is 2. The molecule has 0 aliphatic rings. The van der Waals surface area contributed by atoms with Crippen LogP contribution >= 0.6 is 15.9 Å².